The number of rotatable bonds is 2. The molecular weight excluding hydrogens is 254 g/mol. The van der Waals surface area contributed by atoms with Crippen LogP contribution in [0.25, 0.3) is 0 Å². The first-order valence-corrected chi connectivity index (χ1v) is 5.26. The zero-order valence-corrected chi connectivity index (χ0v) is 14.1. The predicted octanol–water partition coefficient (Wildman–Crippen LogP) is 2.99. The van der Waals surface area contributed by atoms with E-state index in [1.54, 1.807) is 13.8 Å². The standard InChI is InChI=1S/C7H16.C3H6Cl2.2CH4.Na.H2O/c1-6(2)5-7(3)4;1-3(2,4)5;;;;/h6-7H,5H2,1-4H3;1-2H3;2*1H4;;1H2/q;;;;+1;/p-1. The number of halogens is 2. The maximum absolute atomic E-state index is 5.30. The van der Waals surface area contributed by atoms with Crippen LogP contribution in [0.2, 0.25) is 0 Å². The van der Waals surface area contributed by atoms with Crippen LogP contribution in [0.5, 0.6) is 0 Å². The van der Waals surface area contributed by atoms with Gasteiger partial charge >= 0.3 is 29.6 Å². The Bertz CT molecular complexity index is 89.7. The molecule has 0 heterocycles. The van der Waals surface area contributed by atoms with E-state index in [9.17, 15) is 0 Å². The summed E-state index contributed by atoms with van der Waals surface area (Å²) in [5.74, 6) is 1.75. The normalized spacial score (nSPS) is 8.62. The first-order chi connectivity index (χ1) is 5.13. The van der Waals surface area contributed by atoms with Gasteiger partial charge in [0.15, 0.2) is 0 Å². The van der Waals surface area contributed by atoms with Gasteiger partial charge < -0.3 is 5.48 Å². The molecule has 16 heavy (non-hydrogen) atoms. The molecule has 0 saturated heterocycles. The topological polar surface area (TPSA) is 30.0 Å². The van der Waals surface area contributed by atoms with E-state index < -0.39 is 4.33 Å². The van der Waals surface area contributed by atoms with Crippen molar-refractivity contribution in [1.29, 1.82) is 0 Å². The van der Waals surface area contributed by atoms with E-state index >= 15 is 0 Å². The van der Waals surface area contributed by atoms with Crippen LogP contribution in [0.1, 0.15) is 62.8 Å². The molecule has 0 aliphatic heterocycles. The minimum Gasteiger partial charge on any atom is -0.870 e. The number of hydrogen-bond acceptors (Lipinski definition) is 1. The van der Waals surface area contributed by atoms with Crippen LogP contribution < -0.4 is 29.6 Å². The van der Waals surface area contributed by atoms with Crippen molar-refractivity contribution in [3.8, 4) is 0 Å². The van der Waals surface area contributed by atoms with Gasteiger partial charge in [0.2, 0.25) is 0 Å². The molecule has 0 unspecified atom stereocenters. The zero-order chi connectivity index (χ0) is 10.4. The summed E-state index contributed by atoms with van der Waals surface area (Å²) in [6, 6.07) is 0. The summed E-state index contributed by atoms with van der Waals surface area (Å²) in [5.41, 5.74) is 0. The van der Waals surface area contributed by atoms with E-state index in [2.05, 4.69) is 27.7 Å². The van der Waals surface area contributed by atoms with Gasteiger partial charge in [0.05, 0.1) is 0 Å². The van der Waals surface area contributed by atoms with Gasteiger partial charge in [-0.15, -0.1) is 23.2 Å². The molecule has 0 saturated carbocycles. The Morgan fingerprint density at radius 1 is 0.875 bits per heavy atom. The molecule has 4 heteroatoms. The average molecular weight is 285 g/mol. The molecule has 0 atom stereocenters. The smallest absolute Gasteiger partial charge is 0.870 e. The van der Waals surface area contributed by atoms with E-state index in [1.165, 1.54) is 6.42 Å². The summed E-state index contributed by atoms with van der Waals surface area (Å²) < 4.78 is -0.556. The van der Waals surface area contributed by atoms with Crippen molar-refractivity contribution in [2.45, 2.75) is 67.1 Å². The Balaban J connectivity index is -0.0000000258. The molecule has 0 rings (SSSR count). The second kappa shape index (κ2) is 18.9. The molecule has 100 valence electrons. The van der Waals surface area contributed by atoms with Crippen LogP contribution in [-0.2, 0) is 0 Å². The fraction of sp³-hybridized carbons (Fsp3) is 1.00. The summed E-state index contributed by atoms with van der Waals surface area (Å²) in [6.45, 7) is 12.5. The van der Waals surface area contributed by atoms with Crippen molar-refractivity contribution in [3.63, 3.8) is 0 Å². The summed E-state index contributed by atoms with van der Waals surface area (Å²) in [6.07, 6.45) is 1.36. The largest absolute Gasteiger partial charge is 1.00 e. The van der Waals surface area contributed by atoms with Crippen LogP contribution in [0.15, 0.2) is 0 Å². The van der Waals surface area contributed by atoms with Crippen molar-refractivity contribution in [1.82, 2.24) is 0 Å². The van der Waals surface area contributed by atoms with E-state index in [-0.39, 0.29) is 49.9 Å². The van der Waals surface area contributed by atoms with Crippen molar-refractivity contribution in [2.75, 3.05) is 0 Å². The predicted molar refractivity (Wildman–Crippen MR) is 75.5 cm³/mol. The van der Waals surface area contributed by atoms with Crippen LogP contribution in [0.3, 0.4) is 0 Å². The third-order valence-corrected chi connectivity index (χ3v) is 0.943. The molecule has 0 amide bonds. The van der Waals surface area contributed by atoms with E-state index in [0.29, 0.717) is 0 Å². The molecule has 0 radical (unpaired) electrons. The molecule has 0 aromatic carbocycles. The van der Waals surface area contributed by atoms with Gasteiger partial charge in [-0.1, -0.05) is 42.5 Å². The maximum Gasteiger partial charge on any atom is 1.00 e. The molecular formula is C12H31Cl2NaO. The van der Waals surface area contributed by atoms with Crippen molar-refractivity contribution >= 4 is 23.2 Å². The molecule has 0 bridgehead atoms. The van der Waals surface area contributed by atoms with E-state index in [1.807, 2.05) is 0 Å². The van der Waals surface area contributed by atoms with Crippen LogP contribution >= 0.6 is 23.2 Å². The Morgan fingerprint density at radius 2 is 1.00 bits per heavy atom. The number of alkyl halides is 2. The Labute approximate surface area is 136 Å². The van der Waals surface area contributed by atoms with Crippen LogP contribution in [0.4, 0.5) is 0 Å². The van der Waals surface area contributed by atoms with Crippen LogP contribution in [-0.4, -0.2) is 9.81 Å². The van der Waals surface area contributed by atoms with Gasteiger partial charge in [-0.25, -0.2) is 0 Å². The first-order valence-electron chi connectivity index (χ1n) is 4.50. The summed E-state index contributed by atoms with van der Waals surface area (Å²) in [7, 11) is 0. The second-order valence-electron chi connectivity index (χ2n) is 4.35. The molecule has 0 aliphatic carbocycles. The van der Waals surface area contributed by atoms with Crippen molar-refractivity contribution < 1.29 is 35.0 Å². The van der Waals surface area contributed by atoms with Crippen molar-refractivity contribution in [3.05, 3.63) is 0 Å². The van der Waals surface area contributed by atoms with Crippen molar-refractivity contribution in [2.24, 2.45) is 11.8 Å². The third kappa shape index (κ3) is 107. The Kier molecular flexibility index (Phi) is 42.5. The SMILES string of the molecule is C.C.CC(C)(Cl)Cl.CC(C)CC(C)C.[Na+].[OH-]. The second-order valence-corrected chi connectivity index (χ2v) is 6.43. The molecule has 0 aromatic rings. The van der Waals surface area contributed by atoms with E-state index in [0.717, 1.165) is 11.8 Å². The quantitative estimate of drug-likeness (QED) is 0.566. The minimum atomic E-state index is -0.556. The molecule has 0 aromatic heterocycles. The van der Waals surface area contributed by atoms with E-state index in [4.69, 9.17) is 23.2 Å². The third-order valence-electron chi connectivity index (χ3n) is 0.943. The fourth-order valence-corrected chi connectivity index (χ4v) is 0.943. The monoisotopic (exact) mass is 284 g/mol. The van der Waals surface area contributed by atoms with Gasteiger partial charge in [0.25, 0.3) is 0 Å². The maximum atomic E-state index is 5.30. The van der Waals surface area contributed by atoms with Gasteiger partial charge in [0, 0.05) is 0 Å². The van der Waals surface area contributed by atoms with Gasteiger partial charge in [-0.2, -0.15) is 0 Å². The Morgan fingerprint density at radius 3 is 1.00 bits per heavy atom. The fourth-order valence-electron chi connectivity index (χ4n) is 0.943. The minimum absolute atomic E-state index is 0. The molecule has 1 N–H and O–H groups in total. The molecule has 0 fully saturated rings. The van der Waals surface area contributed by atoms with Gasteiger partial charge in [0.1, 0.15) is 4.33 Å². The summed E-state index contributed by atoms with van der Waals surface area (Å²) in [4.78, 5) is 0. The molecule has 1 nitrogen and oxygen atoms in total. The molecule has 0 spiro atoms. The van der Waals surface area contributed by atoms with Gasteiger partial charge in [-0.05, 0) is 32.1 Å². The van der Waals surface area contributed by atoms with Gasteiger partial charge in [-0.3, -0.25) is 0 Å². The average Bonchev–Trinajstić information content (AvgIpc) is 1.52. The summed E-state index contributed by atoms with van der Waals surface area (Å²) >= 11 is 10.6. The first kappa shape index (κ1) is 36.0. The summed E-state index contributed by atoms with van der Waals surface area (Å²) in [5, 5.41) is 0. The number of hydrogen-bond donors (Lipinski definition) is 0. The zero-order valence-electron chi connectivity index (χ0n) is 10.6. The van der Waals surface area contributed by atoms with Crippen LogP contribution in [0, 0.1) is 11.8 Å². The Hall–Kier alpha value is 1.54. The molecule has 0 aliphatic rings.